The van der Waals surface area contributed by atoms with Gasteiger partial charge in [-0.3, -0.25) is 14.3 Å². The van der Waals surface area contributed by atoms with Crippen LogP contribution in [0.15, 0.2) is 33.8 Å². The fraction of sp³-hybridized carbons (Fsp3) is 0.312. The Labute approximate surface area is 142 Å². The van der Waals surface area contributed by atoms with Crippen molar-refractivity contribution in [2.45, 2.75) is 20.4 Å². The van der Waals surface area contributed by atoms with Gasteiger partial charge in [0.2, 0.25) is 0 Å². The van der Waals surface area contributed by atoms with Crippen molar-refractivity contribution >= 4 is 17.0 Å². The molecule has 0 aromatic carbocycles. The molecule has 3 aromatic rings. The monoisotopic (exact) mass is 344 g/mol. The van der Waals surface area contributed by atoms with Gasteiger partial charge in [0, 0.05) is 12.3 Å². The molecule has 0 aliphatic rings. The highest BCUT2D eigenvalue weighted by Crippen LogP contribution is 2.14. The third kappa shape index (κ3) is 3.35. The van der Waals surface area contributed by atoms with Crippen LogP contribution in [-0.4, -0.2) is 38.9 Å². The lowest BCUT2D eigenvalue weighted by atomic mass is 10.3. The number of rotatable bonds is 6. The van der Waals surface area contributed by atoms with E-state index in [0.717, 1.165) is 0 Å². The fourth-order valence-corrected chi connectivity index (χ4v) is 2.31. The summed E-state index contributed by atoms with van der Waals surface area (Å²) in [6, 6.07) is 3.11. The molecule has 0 amide bonds. The number of esters is 1. The summed E-state index contributed by atoms with van der Waals surface area (Å²) >= 11 is 0. The van der Waals surface area contributed by atoms with Gasteiger partial charge in [0.05, 0.1) is 31.5 Å². The zero-order chi connectivity index (χ0) is 17.8. The Bertz CT molecular complexity index is 963. The van der Waals surface area contributed by atoms with Crippen molar-refractivity contribution in [3.63, 3.8) is 0 Å². The van der Waals surface area contributed by atoms with Gasteiger partial charge in [0.25, 0.3) is 5.88 Å². The number of carbonyl (C=O) groups is 1. The van der Waals surface area contributed by atoms with Crippen LogP contribution in [0.25, 0.3) is 11.0 Å². The molecule has 0 saturated carbocycles. The van der Waals surface area contributed by atoms with E-state index in [9.17, 15) is 9.59 Å². The summed E-state index contributed by atoms with van der Waals surface area (Å²) in [7, 11) is 0. The van der Waals surface area contributed by atoms with E-state index in [1.807, 2.05) is 0 Å². The van der Waals surface area contributed by atoms with Gasteiger partial charge < -0.3 is 14.0 Å². The Morgan fingerprint density at radius 2 is 2.16 bits per heavy atom. The third-order valence-electron chi connectivity index (χ3n) is 3.36. The second-order valence-electron chi connectivity index (χ2n) is 5.00. The molecule has 0 N–H and O–H groups in total. The molecule has 130 valence electrons. The Morgan fingerprint density at radius 3 is 2.92 bits per heavy atom. The Morgan fingerprint density at radius 1 is 1.32 bits per heavy atom. The van der Waals surface area contributed by atoms with Crippen molar-refractivity contribution in [2.24, 2.45) is 0 Å². The van der Waals surface area contributed by atoms with Crippen LogP contribution in [0.5, 0.6) is 5.88 Å². The fourth-order valence-electron chi connectivity index (χ4n) is 2.31. The second kappa shape index (κ2) is 7.12. The number of pyridine rings is 1. The lowest BCUT2D eigenvalue weighted by molar-refractivity contribution is 0.0514. The average Bonchev–Trinajstić information content (AvgIpc) is 3.08. The average molecular weight is 344 g/mol. The summed E-state index contributed by atoms with van der Waals surface area (Å²) in [6.45, 7) is 4.07. The van der Waals surface area contributed by atoms with Crippen LogP contribution in [-0.2, 0) is 11.3 Å². The summed E-state index contributed by atoms with van der Waals surface area (Å²) < 4.78 is 16.8. The van der Waals surface area contributed by atoms with Crippen LogP contribution in [0.3, 0.4) is 0 Å². The molecule has 25 heavy (non-hydrogen) atoms. The molecule has 3 rings (SSSR count). The topological polar surface area (TPSA) is 109 Å². The molecule has 0 atom stereocenters. The molecule has 3 aromatic heterocycles. The van der Waals surface area contributed by atoms with E-state index in [1.54, 1.807) is 26.1 Å². The number of aromatic nitrogens is 4. The van der Waals surface area contributed by atoms with Crippen molar-refractivity contribution < 1.29 is 18.8 Å². The van der Waals surface area contributed by atoms with E-state index < -0.39 is 11.5 Å². The van der Waals surface area contributed by atoms with E-state index in [4.69, 9.17) is 14.0 Å². The maximum absolute atomic E-state index is 12.6. The molecule has 0 saturated heterocycles. The zero-order valence-corrected chi connectivity index (χ0v) is 13.8. The van der Waals surface area contributed by atoms with Crippen LogP contribution in [0.2, 0.25) is 0 Å². The molecule has 0 fully saturated rings. The van der Waals surface area contributed by atoms with E-state index in [-0.39, 0.29) is 24.7 Å². The van der Waals surface area contributed by atoms with E-state index in [0.29, 0.717) is 23.4 Å². The molecule has 9 nitrogen and oxygen atoms in total. The first-order valence-corrected chi connectivity index (χ1v) is 7.74. The summed E-state index contributed by atoms with van der Waals surface area (Å²) in [5.74, 6) is -0.270. The van der Waals surface area contributed by atoms with E-state index in [1.165, 1.54) is 16.8 Å². The first kappa shape index (κ1) is 16.6. The third-order valence-corrected chi connectivity index (χ3v) is 3.36. The van der Waals surface area contributed by atoms with Crippen molar-refractivity contribution in [3.8, 4) is 5.88 Å². The number of ether oxygens (including phenoxy) is 2. The highest BCUT2D eigenvalue weighted by molar-refractivity contribution is 5.87. The number of fused-ring (bicyclic) bond motifs is 1. The predicted octanol–water partition coefficient (Wildman–Crippen LogP) is 1.40. The molecule has 9 heteroatoms. The summed E-state index contributed by atoms with van der Waals surface area (Å²) in [4.78, 5) is 32.5. The SMILES string of the molecule is CCOC(=O)c1cc(Cn2c(=O)c(OCC)nc3cnccc32)on1. The molecule has 0 aliphatic heterocycles. The highest BCUT2D eigenvalue weighted by atomic mass is 16.5. The summed E-state index contributed by atoms with van der Waals surface area (Å²) in [6.07, 6.45) is 3.10. The zero-order valence-electron chi connectivity index (χ0n) is 13.8. The standard InChI is InChI=1S/C16H16N4O5/c1-3-23-14-15(21)20(13-5-6-17-8-12(13)18-14)9-10-7-11(19-25-10)16(22)24-4-2/h5-8H,3-4,9H2,1-2H3. The van der Waals surface area contributed by atoms with Crippen molar-refractivity contribution in [2.75, 3.05) is 13.2 Å². The van der Waals surface area contributed by atoms with Crippen LogP contribution in [0.4, 0.5) is 0 Å². The van der Waals surface area contributed by atoms with Crippen LogP contribution < -0.4 is 10.3 Å². The predicted molar refractivity (Wildman–Crippen MR) is 86.5 cm³/mol. The number of hydrogen-bond acceptors (Lipinski definition) is 8. The van der Waals surface area contributed by atoms with E-state index >= 15 is 0 Å². The molecule has 0 bridgehead atoms. The molecule has 3 heterocycles. The minimum Gasteiger partial charge on any atom is -0.474 e. The van der Waals surface area contributed by atoms with Gasteiger partial charge in [-0.1, -0.05) is 5.16 Å². The van der Waals surface area contributed by atoms with Gasteiger partial charge in [-0.25, -0.2) is 9.78 Å². The molecular weight excluding hydrogens is 328 g/mol. The lowest BCUT2D eigenvalue weighted by Crippen LogP contribution is -2.24. The number of hydrogen-bond donors (Lipinski definition) is 0. The van der Waals surface area contributed by atoms with Gasteiger partial charge >= 0.3 is 11.5 Å². The molecule has 0 aliphatic carbocycles. The van der Waals surface area contributed by atoms with Crippen LogP contribution >= 0.6 is 0 Å². The molecule has 0 unspecified atom stereocenters. The van der Waals surface area contributed by atoms with Gasteiger partial charge in [0.15, 0.2) is 11.5 Å². The number of nitrogens with zero attached hydrogens (tertiary/aromatic N) is 4. The Kier molecular flexibility index (Phi) is 4.73. The summed E-state index contributed by atoms with van der Waals surface area (Å²) in [5, 5.41) is 3.68. The summed E-state index contributed by atoms with van der Waals surface area (Å²) in [5.41, 5.74) is 0.720. The van der Waals surface area contributed by atoms with Gasteiger partial charge in [-0.05, 0) is 19.9 Å². The van der Waals surface area contributed by atoms with Crippen LogP contribution in [0, 0.1) is 0 Å². The Hall–Kier alpha value is -3.23. The van der Waals surface area contributed by atoms with Crippen molar-refractivity contribution in [3.05, 3.63) is 46.3 Å². The van der Waals surface area contributed by atoms with E-state index in [2.05, 4.69) is 15.1 Å². The Balaban J connectivity index is 2.02. The second-order valence-corrected chi connectivity index (χ2v) is 5.00. The molecular formula is C16H16N4O5. The van der Waals surface area contributed by atoms with Crippen LogP contribution in [0.1, 0.15) is 30.1 Å². The quantitative estimate of drug-likeness (QED) is 0.617. The maximum atomic E-state index is 12.6. The molecule has 0 spiro atoms. The maximum Gasteiger partial charge on any atom is 0.360 e. The first-order chi connectivity index (χ1) is 12.1. The number of carbonyl (C=O) groups excluding carboxylic acids is 1. The van der Waals surface area contributed by atoms with Crippen molar-refractivity contribution in [1.29, 1.82) is 0 Å². The van der Waals surface area contributed by atoms with Gasteiger partial charge in [0.1, 0.15) is 5.52 Å². The lowest BCUT2D eigenvalue weighted by Gasteiger charge is -2.10. The normalized spacial score (nSPS) is 10.8. The van der Waals surface area contributed by atoms with Gasteiger partial charge in [-0.15, -0.1) is 0 Å². The highest BCUT2D eigenvalue weighted by Gasteiger charge is 2.17. The smallest absolute Gasteiger partial charge is 0.360 e. The molecule has 0 radical (unpaired) electrons. The minimum atomic E-state index is -0.580. The van der Waals surface area contributed by atoms with Gasteiger partial charge in [-0.2, -0.15) is 0 Å². The minimum absolute atomic E-state index is 0.0202. The van der Waals surface area contributed by atoms with Crippen molar-refractivity contribution in [1.82, 2.24) is 19.7 Å². The first-order valence-electron chi connectivity index (χ1n) is 7.74. The largest absolute Gasteiger partial charge is 0.474 e.